The highest BCUT2D eigenvalue weighted by Gasteiger charge is 2.77. The smallest absolute Gasteiger partial charge is 0.312 e. The number of amides is 2. The lowest BCUT2D eigenvalue weighted by molar-refractivity contribution is -0.157. The Balaban J connectivity index is 1.79. The molecule has 0 saturated carbocycles. The normalized spacial score (nSPS) is 30.3. The Labute approximate surface area is 232 Å². The first-order valence-corrected chi connectivity index (χ1v) is 14.1. The molecule has 3 saturated heterocycles. The molecule has 2 bridgehead atoms. The molecule has 9 heteroatoms. The molecule has 4 rings (SSSR count). The second kappa shape index (κ2) is 11.7. The quantitative estimate of drug-likeness (QED) is 0.174. The fourth-order valence-electron chi connectivity index (χ4n) is 6.33. The molecular weight excluding hydrogens is 552 g/mol. The van der Waals surface area contributed by atoms with Crippen molar-refractivity contribution >= 4 is 33.7 Å². The molecule has 38 heavy (non-hydrogen) atoms. The molecule has 0 aliphatic carbocycles. The minimum absolute atomic E-state index is 0.166. The van der Waals surface area contributed by atoms with Gasteiger partial charge in [-0.05, 0) is 38.7 Å². The summed E-state index contributed by atoms with van der Waals surface area (Å²) in [6.07, 6.45) is 4.54. The molecule has 3 heterocycles. The standard InChI is InChI=1S/C29H37BrN2O6/c1-5-7-11-15-37-28(36)22-23-26(34)32(21(17-33)19-12-9-8-10-13-19)25(27(35)31(14-6-2)18(3)4)29(23)16-20(30)24(22)38-29/h5-6,8-10,12-13,18,20-25,33H,1-2,7,11,14-17H2,3-4H3/t20?,21-,22+,23+,24+,25?,29?/m1/s1. The molecule has 3 unspecified atom stereocenters. The number of carbonyl (C=O) groups is 3. The van der Waals surface area contributed by atoms with Crippen LogP contribution in [0, 0.1) is 11.8 Å². The van der Waals surface area contributed by atoms with Crippen molar-refractivity contribution in [2.45, 2.75) is 67.8 Å². The highest BCUT2D eigenvalue weighted by atomic mass is 79.9. The minimum Gasteiger partial charge on any atom is -0.465 e. The third kappa shape index (κ3) is 4.73. The van der Waals surface area contributed by atoms with Crippen molar-refractivity contribution in [3.8, 4) is 0 Å². The third-order valence-electron chi connectivity index (χ3n) is 7.96. The summed E-state index contributed by atoms with van der Waals surface area (Å²) in [5, 5.41) is 10.5. The molecule has 1 aromatic rings. The van der Waals surface area contributed by atoms with Gasteiger partial charge in [0.25, 0.3) is 0 Å². The molecule has 2 amide bonds. The molecule has 3 aliphatic rings. The first-order valence-electron chi connectivity index (χ1n) is 13.2. The summed E-state index contributed by atoms with van der Waals surface area (Å²) >= 11 is 3.67. The number of allylic oxidation sites excluding steroid dienone is 1. The molecule has 1 N–H and O–H groups in total. The van der Waals surface area contributed by atoms with E-state index in [1.165, 1.54) is 4.90 Å². The van der Waals surface area contributed by atoms with E-state index in [-0.39, 0.29) is 35.9 Å². The lowest BCUT2D eigenvalue weighted by Gasteiger charge is -2.40. The van der Waals surface area contributed by atoms with Crippen molar-refractivity contribution in [1.29, 1.82) is 0 Å². The van der Waals surface area contributed by atoms with Gasteiger partial charge in [-0.2, -0.15) is 0 Å². The van der Waals surface area contributed by atoms with E-state index in [2.05, 4.69) is 29.1 Å². The topological polar surface area (TPSA) is 96.4 Å². The van der Waals surface area contributed by atoms with Gasteiger partial charge in [0.05, 0.1) is 37.2 Å². The van der Waals surface area contributed by atoms with Crippen molar-refractivity contribution in [3.05, 3.63) is 61.2 Å². The largest absolute Gasteiger partial charge is 0.465 e. The second-order valence-electron chi connectivity index (χ2n) is 10.5. The number of aliphatic hydroxyl groups is 1. The van der Waals surface area contributed by atoms with Crippen LogP contribution in [0.2, 0.25) is 0 Å². The van der Waals surface area contributed by atoms with E-state index in [0.29, 0.717) is 31.4 Å². The van der Waals surface area contributed by atoms with Gasteiger partial charge < -0.3 is 24.4 Å². The lowest BCUT2D eigenvalue weighted by Crippen LogP contribution is -2.58. The predicted molar refractivity (Wildman–Crippen MR) is 146 cm³/mol. The van der Waals surface area contributed by atoms with Crippen molar-refractivity contribution in [1.82, 2.24) is 9.80 Å². The molecule has 8 nitrogen and oxygen atoms in total. The summed E-state index contributed by atoms with van der Waals surface area (Å²) in [6, 6.07) is 7.17. The van der Waals surface area contributed by atoms with Gasteiger partial charge in [0.2, 0.25) is 11.8 Å². The summed E-state index contributed by atoms with van der Waals surface area (Å²) in [4.78, 5) is 44.9. The number of unbranched alkanes of at least 4 members (excludes halogenated alkanes) is 1. The Hall–Kier alpha value is -2.49. The Morgan fingerprint density at radius 3 is 2.61 bits per heavy atom. The van der Waals surface area contributed by atoms with Gasteiger partial charge in [-0.1, -0.05) is 58.4 Å². The van der Waals surface area contributed by atoms with E-state index in [1.54, 1.807) is 17.1 Å². The lowest BCUT2D eigenvalue weighted by atomic mass is 9.70. The second-order valence-corrected chi connectivity index (χ2v) is 11.7. The van der Waals surface area contributed by atoms with Gasteiger partial charge in [0, 0.05) is 17.4 Å². The maximum absolute atomic E-state index is 14.3. The molecule has 3 aliphatic heterocycles. The molecular formula is C29H37BrN2O6. The Kier molecular flexibility index (Phi) is 8.79. The number of halogens is 1. The van der Waals surface area contributed by atoms with Crippen LogP contribution in [0.4, 0.5) is 0 Å². The number of likely N-dealkylation sites (tertiary alicyclic amines) is 1. The van der Waals surface area contributed by atoms with Gasteiger partial charge in [-0.15, -0.1) is 13.2 Å². The Morgan fingerprint density at radius 2 is 2.00 bits per heavy atom. The number of hydrogen-bond acceptors (Lipinski definition) is 6. The fraction of sp³-hybridized carbons (Fsp3) is 0.552. The van der Waals surface area contributed by atoms with Gasteiger partial charge >= 0.3 is 5.97 Å². The summed E-state index contributed by atoms with van der Waals surface area (Å²) in [7, 11) is 0. The zero-order valence-electron chi connectivity index (χ0n) is 22.0. The molecule has 0 radical (unpaired) electrons. The van der Waals surface area contributed by atoms with Crippen LogP contribution in [-0.2, 0) is 23.9 Å². The van der Waals surface area contributed by atoms with Crippen molar-refractivity contribution in [3.63, 3.8) is 0 Å². The van der Waals surface area contributed by atoms with E-state index in [0.717, 1.165) is 0 Å². The summed E-state index contributed by atoms with van der Waals surface area (Å²) in [6.45, 7) is 11.4. The average Bonchev–Trinajstić information content (AvgIpc) is 3.49. The van der Waals surface area contributed by atoms with Crippen molar-refractivity contribution in [2.75, 3.05) is 19.8 Å². The monoisotopic (exact) mass is 588 g/mol. The Bertz CT molecular complexity index is 1060. The number of aliphatic hydroxyl groups excluding tert-OH is 1. The van der Waals surface area contributed by atoms with E-state index < -0.39 is 41.6 Å². The number of carbonyl (C=O) groups excluding carboxylic acids is 3. The number of rotatable bonds is 12. The molecule has 0 aromatic heterocycles. The summed E-state index contributed by atoms with van der Waals surface area (Å²) < 4.78 is 12.1. The first-order chi connectivity index (χ1) is 18.2. The number of hydrogen-bond donors (Lipinski definition) is 1. The van der Waals surface area contributed by atoms with Gasteiger partial charge in [0.1, 0.15) is 11.6 Å². The van der Waals surface area contributed by atoms with Crippen LogP contribution >= 0.6 is 15.9 Å². The minimum atomic E-state index is -1.23. The van der Waals surface area contributed by atoms with E-state index in [1.807, 2.05) is 44.2 Å². The number of nitrogens with zero attached hydrogens (tertiary/aromatic N) is 2. The maximum Gasteiger partial charge on any atom is 0.312 e. The number of fused-ring (bicyclic) bond motifs is 1. The zero-order valence-corrected chi connectivity index (χ0v) is 23.6. The SMILES string of the molecule is C=CCCCOC(=O)[C@H]1[C@H]2C(=O)N([C@H](CO)c3ccccc3)C(C(=O)N(CC=C)C(C)C)C23CC(Br)[C@@H]1O3. The number of ether oxygens (including phenoxy) is 2. The van der Waals surface area contributed by atoms with Crippen LogP contribution < -0.4 is 0 Å². The molecule has 7 atom stereocenters. The zero-order chi connectivity index (χ0) is 27.6. The molecule has 3 fully saturated rings. The summed E-state index contributed by atoms with van der Waals surface area (Å²) in [5.74, 6) is -2.90. The van der Waals surface area contributed by atoms with Crippen LogP contribution in [0.1, 0.15) is 44.7 Å². The molecule has 206 valence electrons. The fourth-order valence-corrected chi connectivity index (χ4v) is 7.27. The van der Waals surface area contributed by atoms with Crippen molar-refractivity contribution < 1.29 is 29.0 Å². The third-order valence-corrected chi connectivity index (χ3v) is 8.80. The highest BCUT2D eigenvalue weighted by molar-refractivity contribution is 9.09. The molecule has 1 spiro atoms. The van der Waals surface area contributed by atoms with Gasteiger partial charge in [-0.3, -0.25) is 14.4 Å². The van der Waals surface area contributed by atoms with Crippen LogP contribution in [0.15, 0.2) is 55.6 Å². The first kappa shape index (κ1) is 28.5. The maximum atomic E-state index is 14.3. The highest BCUT2D eigenvalue weighted by Crippen LogP contribution is 2.61. The predicted octanol–water partition coefficient (Wildman–Crippen LogP) is 3.40. The molecule has 1 aromatic carbocycles. The Morgan fingerprint density at radius 1 is 1.29 bits per heavy atom. The van der Waals surface area contributed by atoms with E-state index in [9.17, 15) is 19.5 Å². The van der Waals surface area contributed by atoms with Crippen LogP contribution in [0.5, 0.6) is 0 Å². The van der Waals surface area contributed by atoms with Crippen LogP contribution in [0.25, 0.3) is 0 Å². The summed E-state index contributed by atoms with van der Waals surface area (Å²) in [5.41, 5.74) is -0.528. The number of alkyl halides is 1. The van der Waals surface area contributed by atoms with E-state index in [4.69, 9.17) is 9.47 Å². The van der Waals surface area contributed by atoms with Crippen molar-refractivity contribution in [2.24, 2.45) is 11.8 Å². The number of esters is 1. The van der Waals surface area contributed by atoms with Gasteiger partial charge in [-0.25, -0.2) is 0 Å². The van der Waals surface area contributed by atoms with Crippen LogP contribution in [-0.4, -0.2) is 81.1 Å². The number of benzene rings is 1. The van der Waals surface area contributed by atoms with Crippen LogP contribution in [0.3, 0.4) is 0 Å². The average molecular weight is 590 g/mol. The van der Waals surface area contributed by atoms with Gasteiger partial charge in [0.15, 0.2) is 0 Å². The van der Waals surface area contributed by atoms with E-state index >= 15 is 0 Å².